The maximum absolute atomic E-state index is 9.99. The van der Waals surface area contributed by atoms with Crippen LogP contribution in [0.1, 0.15) is 46.5 Å². The molecular formula is C10H19O2. The lowest BCUT2D eigenvalue weighted by molar-refractivity contribution is 0.150. The van der Waals surface area contributed by atoms with Crippen molar-refractivity contribution in [1.82, 2.24) is 0 Å². The molecule has 2 nitrogen and oxygen atoms in total. The second-order valence-corrected chi connectivity index (χ2v) is 3.58. The summed E-state index contributed by atoms with van der Waals surface area (Å²) in [5.74, 6) is 0.680. The summed E-state index contributed by atoms with van der Waals surface area (Å²) in [5, 5.41) is 0. The molecule has 0 aliphatic carbocycles. The minimum Gasteiger partial charge on any atom is -0.454 e. The van der Waals surface area contributed by atoms with Crippen molar-refractivity contribution in [2.24, 2.45) is 5.92 Å². The van der Waals surface area contributed by atoms with E-state index in [4.69, 9.17) is 4.74 Å². The highest BCUT2D eigenvalue weighted by atomic mass is 16.5. The second-order valence-electron chi connectivity index (χ2n) is 3.58. The minimum absolute atomic E-state index is 0.0925. The summed E-state index contributed by atoms with van der Waals surface area (Å²) in [4.78, 5) is 9.99. The summed E-state index contributed by atoms with van der Waals surface area (Å²) in [5.41, 5.74) is 0. The topological polar surface area (TPSA) is 26.3 Å². The molecule has 1 atom stereocenters. The third-order valence-electron chi connectivity index (χ3n) is 1.89. The van der Waals surface area contributed by atoms with Crippen molar-refractivity contribution < 1.29 is 9.53 Å². The van der Waals surface area contributed by atoms with E-state index in [9.17, 15) is 4.79 Å². The molecule has 71 valence electrons. The third-order valence-corrected chi connectivity index (χ3v) is 1.89. The summed E-state index contributed by atoms with van der Waals surface area (Å²) < 4.78 is 4.83. The molecule has 0 saturated heterocycles. The first-order valence-corrected chi connectivity index (χ1v) is 4.73. The molecule has 0 rings (SSSR count). The van der Waals surface area contributed by atoms with E-state index in [2.05, 4.69) is 20.8 Å². The van der Waals surface area contributed by atoms with Crippen molar-refractivity contribution >= 4 is 6.47 Å². The van der Waals surface area contributed by atoms with E-state index in [1.807, 2.05) is 0 Å². The van der Waals surface area contributed by atoms with E-state index >= 15 is 0 Å². The van der Waals surface area contributed by atoms with Gasteiger partial charge >= 0.3 is 6.47 Å². The lowest BCUT2D eigenvalue weighted by Crippen LogP contribution is -2.12. The van der Waals surface area contributed by atoms with Gasteiger partial charge in [-0.1, -0.05) is 27.2 Å². The number of hydrogen-bond acceptors (Lipinski definition) is 2. The van der Waals surface area contributed by atoms with Crippen LogP contribution in [-0.4, -0.2) is 12.6 Å². The molecule has 0 aliphatic heterocycles. The van der Waals surface area contributed by atoms with Crippen LogP contribution < -0.4 is 0 Å². The molecule has 0 bridgehead atoms. The molecular weight excluding hydrogens is 152 g/mol. The molecule has 0 aromatic rings. The van der Waals surface area contributed by atoms with Crippen LogP contribution >= 0.6 is 0 Å². The van der Waals surface area contributed by atoms with Crippen molar-refractivity contribution in [3.8, 4) is 0 Å². The fraction of sp³-hybridized carbons (Fsp3) is 0.900. The number of carbonyl (C=O) groups excluding carboxylic acids is 1. The third kappa shape index (κ3) is 6.20. The van der Waals surface area contributed by atoms with Gasteiger partial charge in [0.1, 0.15) is 6.10 Å². The first-order chi connectivity index (χ1) is 5.70. The average molecular weight is 171 g/mol. The van der Waals surface area contributed by atoms with Crippen LogP contribution in [0.5, 0.6) is 0 Å². The SMILES string of the molecule is CCCC(CCC(C)C)O[C]=O. The van der Waals surface area contributed by atoms with Gasteiger partial charge in [0.25, 0.3) is 0 Å². The van der Waals surface area contributed by atoms with Gasteiger partial charge in [0.05, 0.1) is 0 Å². The molecule has 0 spiro atoms. The highest BCUT2D eigenvalue weighted by molar-refractivity contribution is 5.38. The molecule has 12 heavy (non-hydrogen) atoms. The Labute approximate surface area is 75.3 Å². The van der Waals surface area contributed by atoms with E-state index in [0.29, 0.717) is 5.92 Å². The molecule has 2 heteroatoms. The van der Waals surface area contributed by atoms with Gasteiger partial charge < -0.3 is 4.74 Å². The van der Waals surface area contributed by atoms with Gasteiger partial charge in [-0.05, 0) is 25.2 Å². The van der Waals surface area contributed by atoms with Crippen molar-refractivity contribution in [2.45, 2.75) is 52.6 Å². The van der Waals surface area contributed by atoms with E-state index < -0.39 is 0 Å². The van der Waals surface area contributed by atoms with E-state index in [1.165, 1.54) is 6.47 Å². The largest absolute Gasteiger partial charge is 0.454 e. The predicted octanol–water partition coefficient (Wildman–Crippen LogP) is 2.68. The fourth-order valence-electron chi connectivity index (χ4n) is 1.17. The van der Waals surface area contributed by atoms with E-state index in [-0.39, 0.29) is 6.10 Å². The molecule has 0 N–H and O–H groups in total. The Morgan fingerprint density at radius 3 is 2.33 bits per heavy atom. The van der Waals surface area contributed by atoms with Crippen LogP contribution in [0.3, 0.4) is 0 Å². The molecule has 1 unspecified atom stereocenters. The molecule has 0 aliphatic rings. The summed E-state index contributed by atoms with van der Waals surface area (Å²) in [6.45, 7) is 7.97. The number of ether oxygens (including phenoxy) is 1. The second kappa shape index (κ2) is 7.14. The Balaban J connectivity index is 3.54. The van der Waals surface area contributed by atoms with Crippen molar-refractivity contribution in [2.75, 3.05) is 0 Å². The molecule has 0 amide bonds. The zero-order valence-corrected chi connectivity index (χ0v) is 8.30. The van der Waals surface area contributed by atoms with Crippen molar-refractivity contribution in [3.05, 3.63) is 0 Å². The summed E-state index contributed by atoms with van der Waals surface area (Å²) in [6, 6.07) is 0. The van der Waals surface area contributed by atoms with Crippen molar-refractivity contribution in [1.29, 1.82) is 0 Å². The zero-order chi connectivity index (χ0) is 9.40. The molecule has 0 heterocycles. The van der Waals surface area contributed by atoms with Gasteiger partial charge in [0, 0.05) is 0 Å². The van der Waals surface area contributed by atoms with Crippen LogP contribution in [-0.2, 0) is 9.53 Å². The van der Waals surface area contributed by atoms with Crippen LogP contribution in [0.15, 0.2) is 0 Å². The molecule has 1 radical (unpaired) electrons. The Kier molecular flexibility index (Phi) is 6.82. The summed E-state index contributed by atoms with van der Waals surface area (Å²) in [6.07, 6.45) is 4.20. The number of hydrogen-bond donors (Lipinski definition) is 0. The average Bonchev–Trinajstić information content (AvgIpc) is 2.01. The van der Waals surface area contributed by atoms with Gasteiger partial charge in [0.15, 0.2) is 0 Å². The Bertz CT molecular complexity index is 110. The van der Waals surface area contributed by atoms with Crippen LogP contribution in [0.25, 0.3) is 0 Å². The van der Waals surface area contributed by atoms with E-state index in [1.54, 1.807) is 0 Å². The predicted molar refractivity (Wildman–Crippen MR) is 49.5 cm³/mol. The van der Waals surface area contributed by atoms with Gasteiger partial charge in [-0.25, -0.2) is 4.79 Å². The highest BCUT2D eigenvalue weighted by Gasteiger charge is 2.08. The van der Waals surface area contributed by atoms with Crippen molar-refractivity contribution in [3.63, 3.8) is 0 Å². The minimum atomic E-state index is 0.0925. The first kappa shape index (κ1) is 11.5. The summed E-state index contributed by atoms with van der Waals surface area (Å²) in [7, 11) is 0. The Morgan fingerprint density at radius 2 is 1.92 bits per heavy atom. The quantitative estimate of drug-likeness (QED) is 0.588. The van der Waals surface area contributed by atoms with Crippen LogP contribution in [0, 0.1) is 5.92 Å². The normalized spacial score (nSPS) is 13.0. The van der Waals surface area contributed by atoms with Gasteiger partial charge in [-0.2, -0.15) is 0 Å². The molecule has 0 aromatic heterocycles. The van der Waals surface area contributed by atoms with Gasteiger partial charge in [0.2, 0.25) is 0 Å². The number of rotatable bonds is 7. The smallest absolute Gasteiger partial charge is 0.417 e. The van der Waals surface area contributed by atoms with Gasteiger partial charge in [-0.3, -0.25) is 0 Å². The lowest BCUT2D eigenvalue weighted by atomic mass is 10.0. The van der Waals surface area contributed by atoms with Gasteiger partial charge in [-0.15, -0.1) is 0 Å². The fourth-order valence-corrected chi connectivity index (χ4v) is 1.17. The maximum atomic E-state index is 9.99. The zero-order valence-electron chi connectivity index (χ0n) is 8.30. The van der Waals surface area contributed by atoms with E-state index in [0.717, 1.165) is 25.7 Å². The molecule has 0 saturated carbocycles. The standard InChI is InChI=1S/C10H19O2/c1-4-5-10(12-8-11)7-6-9(2)3/h9-10H,4-7H2,1-3H3. The monoisotopic (exact) mass is 171 g/mol. The Morgan fingerprint density at radius 1 is 1.25 bits per heavy atom. The Hall–Kier alpha value is -0.530. The molecule has 0 fully saturated rings. The first-order valence-electron chi connectivity index (χ1n) is 4.73. The highest BCUT2D eigenvalue weighted by Crippen LogP contribution is 2.12. The summed E-state index contributed by atoms with van der Waals surface area (Å²) >= 11 is 0. The van der Waals surface area contributed by atoms with Crippen LogP contribution in [0.2, 0.25) is 0 Å². The maximum Gasteiger partial charge on any atom is 0.417 e. The van der Waals surface area contributed by atoms with Crippen LogP contribution in [0.4, 0.5) is 0 Å². The molecule has 0 aromatic carbocycles. The lowest BCUT2D eigenvalue weighted by Gasteiger charge is -2.14.